The molecule has 13 heteroatoms. The molecule has 30 heavy (non-hydrogen) atoms. The van der Waals surface area contributed by atoms with Crippen LogP contribution in [0.1, 0.15) is 5.56 Å². The third kappa shape index (κ3) is 4.26. The molecule has 4 rings (SSSR count). The fourth-order valence-electron chi connectivity index (χ4n) is 2.41. The second-order valence-corrected chi connectivity index (χ2v) is 6.64. The standard InChI is InChI=1S/C17H10Cl2N8O3/c18-10-2-1-3-11(7-10)21-14-15(23-17-16(22-14)25-30-26-17)24-20-8-9-6-12(27(28)29)4-5-13(9)19/h1-8H,(H,21,22,25)(H,23,24,26)/b20-8-. The van der Waals surface area contributed by atoms with Gasteiger partial charge in [-0.3, -0.25) is 15.5 Å². The molecule has 150 valence electrons. The molecule has 11 nitrogen and oxygen atoms in total. The van der Waals surface area contributed by atoms with E-state index in [9.17, 15) is 10.1 Å². The Morgan fingerprint density at radius 1 is 1.07 bits per heavy atom. The van der Waals surface area contributed by atoms with Crippen molar-refractivity contribution in [2.45, 2.75) is 0 Å². The average Bonchev–Trinajstić information content (AvgIpc) is 3.16. The van der Waals surface area contributed by atoms with E-state index in [1.807, 2.05) is 0 Å². The van der Waals surface area contributed by atoms with Crippen molar-refractivity contribution in [1.82, 2.24) is 20.3 Å². The van der Waals surface area contributed by atoms with Gasteiger partial charge in [-0.15, -0.1) is 0 Å². The molecule has 4 aromatic rings. The molecule has 0 aliphatic carbocycles. The average molecular weight is 445 g/mol. The Bertz CT molecular complexity index is 1280. The molecule has 0 saturated carbocycles. The maximum absolute atomic E-state index is 10.9. The Morgan fingerprint density at radius 3 is 2.57 bits per heavy atom. The normalized spacial score (nSPS) is 11.1. The zero-order valence-electron chi connectivity index (χ0n) is 14.8. The van der Waals surface area contributed by atoms with Gasteiger partial charge in [-0.05, 0) is 34.6 Å². The number of hydrogen-bond donors (Lipinski definition) is 2. The van der Waals surface area contributed by atoms with Gasteiger partial charge in [0, 0.05) is 33.4 Å². The van der Waals surface area contributed by atoms with Crippen LogP contribution >= 0.6 is 23.2 Å². The quantitative estimate of drug-likeness (QED) is 0.250. The minimum Gasteiger partial charge on any atom is -0.337 e. The van der Waals surface area contributed by atoms with E-state index >= 15 is 0 Å². The van der Waals surface area contributed by atoms with Gasteiger partial charge >= 0.3 is 0 Å². The smallest absolute Gasteiger partial charge is 0.270 e. The van der Waals surface area contributed by atoms with Crippen LogP contribution < -0.4 is 10.7 Å². The van der Waals surface area contributed by atoms with E-state index in [1.165, 1.54) is 24.4 Å². The fraction of sp³-hybridized carbons (Fsp3) is 0. The number of nitrogens with zero attached hydrogens (tertiary/aromatic N) is 6. The summed E-state index contributed by atoms with van der Waals surface area (Å²) in [5, 5.41) is 26.2. The summed E-state index contributed by atoms with van der Waals surface area (Å²) in [6.45, 7) is 0. The molecular weight excluding hydrogens is 435 g/mol. The number of aromatic nitrogens is 4. The van der Waals surface area contributed by atoms with E-state index in [4.69, 9.17) is 23.2 Å². The lowest BCUT2D eigenvalue weighted by atomic mass is 10.2. The molecule has 0 amide bonds. The molecule has 0 aliphatic rings. The molecule has 0 saturated heterocycles. The van der Waals surface area contributed by atoms with Crippen molar-refractivity contribution >= 4 is 63.7 Å². The number of nitrogens with one attached hydrogen (secondary N) is 2. The Hall–Kier alpha value is -3.83. The van der Waals surface area contributed by atoms with E-state index in [1.54, 1.807) is 24.3 Å². The predicted molar refractivity (Wildman–Crippen MR) is 111 cm³/mol. The molecule has 2 aromatic carbocycles. The number of nitro groups is 1. The van der Waals surface area contributed by atoms with Crippen molar-refractivity contribution in [3.63, 3.8) is 0 Å². The first-order valence-corrected chi connectivity index (χ1v) is 9.01. The lowest BCUT2D eigenvalue weighted by molar-refractivity contribution is -0.384. The van der Waals surface area contributed by atoms with Crippen molar-refractivity contribution in [3.05, 3.63) is 68.2 Å². The molecular formula is C17H10Cl2N8O3. The van der Waals surface area contributed by atoms with Gasteiger partial charge in [0.15, 0.2) is 11.6 Å². The summed E-state index contributed by atoms with van der Waals surface area (Å²) in [7, 11) is 0. The highest BCUT2D eigenvalue weighted by molar-refractivity contribution is 6.33. The summed E-state index contributed by atoms with van der Waals surface area (Å²) < 4.78 is 4.65. The van der Waals surface area contributed by atoms with Gasteiger partial charge in [0.25, 0.3) is 5.69 Å². The summed E-state index contributed by atoms with van der Waals surface area (Å²) in [4.78, 5) is 19.0. The van der Waals surface area contributed by atoms with Gasteiger partial charge < -0.3 is 5.32 Å². The van der Waals surface area contributed by atoms with E-state index < -0.39 is 4.92 Å². The first-order valence-electron chi connectivity index (χ1n) is 8.25. The molecule has 2 N–H and O–H groups in total. The molecule has 0 bridgehead atoms. The van der Waals surface area contributed by atoms with Gasteiger partial charge in [-0.1, -0.05) is 29.3 Å². The number of rotatable bonds is 6. The van der Waals surface area contributed by atoms with Gasteiger partial charge in [0.05, 0.1) is 11.1 Å². The summed E-state index contributed by atoms with van der Waals surface area (Å²) in [5.41, 5.74) is 3.96. The lowest BCUT2D eigenvalue weighted by Crippen LogP contribution is -2.03. The van der Waals surface area contributed by atoms with Crippen LogP contribution in [0.2, 0.25) is 10.0 Å². The number of anilines is 3. The fourth-order valence-corrected chi connectivity index (χ4v) is 2.77. The second-order valence-electron chi connectivity index (χ2n) is 5.80. The van der Waals surface area contributed by atoms with Crippen molar-refractivity contribution in [2.75, 3.05) is 10.7 Å². The summed E-state index contributed by atoms with van der Waals surface area (Å²) >= 11 is 12.1. The molecule has 0 spiro atoms. The molecule has 0 fully saturated rings. The van der Waals surface area contributed by atoms with E-state index in [0.717, 1.165) is 0 Å². The predicted octanol–water partition coefficient (Wildman–Crippen LogP) is 4.42. The second kappa shape index (κ2) is 8.27. The highest BCUT2D eigenvalue weighted by Gasteiger charge is 2.13. The first-order chi connectivity index (χ1) is 14.5. The van der Waals surface area contributed by atoms with Crippen LogP contribution in [0.5, 0.6) is 0 Å². The van der Waals surface area contributed by atoms with Crippen LogP contribution in [0.4, 0.5) is 23.0 Å². The van der Waals surface area contributed by atoms with Gasteiger partial charge in [0.1, 0.15) is 0 Å². The number of hydrazone groups is 1. The van der Waals surface area contributed by atoms with E-state index in [-0.39, 0.29) is 28.6 Å². The van der Waals surface area contributed by atoms with Crippen LogP contribution in [-0.2, 0) is 0 Å². The van der Waals surface area contributed by atoms with Gasteiger partial charge in [0.2, 0.25) is 11.3 Å². The van der Waals surface area contributed by atoms with Crippen LogP contribution in [0.25, 0.3) is 11.3 Å². The highest BCUT2D eigenvalue weighted by atomic mass is 35.5. The molecule has 2 aromatic heterocycles. The topological polar surface area (TPSA) is 144 Å². The zero-order valence-corrected chi connectivity index (χ0v) is 16.3. The molecule has 2 heterocycles. The third-order valence-corrected chi connectivity index (χ3v) is 4.35. The van der Waals surface area contributed by atoms with E-state index in [0.29, 0.717) is 21.3 Å². The Morgan fingerprint density at radius 2 is 1.83 bits per heavy atom. The van der Waals surface area contributed by atoms with Crippen molar-refractivity contribution in [1.29, 1.82) is 0 Å². The molecule has 0 atom stereocenters. The molecule has 0 unspecified atom stereocenters. The molecule has 0 radical (unpaired) electrons. The summed E-state index contributed by atoms with van der Waals surface area (Å²) in [6.07, 6.45) is 1.32. The van der Waals surface area contributed by atoms with Gasteiger partial charge in [-0.25, -0.2) is 9.61 Å². The van der Waals surface area contributed by atoms with Crippen LogP contribution in [-0.4, -0.2) is 31.4 Å². The summed E-state index contributed by atoms with van der Waals surface area (Å²) in [6, 6.07) is 11.0. The van der Waals surface area contributed by atoms with Gasteiger partial charge in [-0.2, -0.15) is 10.1 Å². The SMILES string of the molecule is O=[N+]([O-])c1ccc(Cl)c(/C=N\Nc2nc3nonc3nc2Nc2cccc(Cl)c2)c1. The Labute approximate surface area is 177 Å². The summed E-state index contributed by atoms with van der Waals surface area (Å²) in [5.74, 6) is 0.485. The zero-order chi connectivity index (χ0) is 21.1. The number of benzene rings is 2. The maximum Gasteiger partial charge on any atom is 0.270 e. The number of fused-ring (bicyclic) bond motifs is 1. The Kier molecular flexibility index (Phi) is 5.37. The number of non-ortho nitro benzene ring substituents is 1. The number of nitro benzene ring substituents is 1. The maximum atomic E-state index is 10.9. The van der Waals surface area contributed by atoms with Crippen molar-refractivity contribution < 1.29 is 9.55 Å². The van der Waals surface area contributed by atoms with Crippen molar-refractivity contribution in [2.24, 2.45) is 5.10 Å². The third-order valence-electron chi connectivity index (χ3n) is 3.77. The monoisotopic (exact) mass is 444 g/mol. The minimum atomic E-state index is -0.523. The lowest BCUT2D eigenvalue weighted by Gasteiger charge is -2.09. The van der Waals surface area contributed by atoms with Crippen LogP contribution in [0.3, 0.4) is 0 Å². The Balaban J connectivity index is 1.64. The minimum absolute atomic E-state index is 0.112. The van der Waals surface area contributed by atoms with Crippen LogP contribution in [0.15, 0.2) is 52.2 Å². The number of hydrogen-bond acceptors (Lipinski definition) is 10. The van der Waals surface area contributed by atoms with Crippen LogP contribution in [0, 0.1) is 10.1 Å². The number of halogens is 2. The molecule has 0 aliphatic heterocycles. The first kappa shape index (κ1) is 19.5. The van der Waals surface area contributed by atoms with E-state index in [2.05, 4.69) is 40.8 Å². The van der Waals surface area contributed by atoms with Crippen molar-refractivity contribution in [3.8, 4) is 0 Å². The largest absolute Gasteiger partial charge is 0.337 e. The highest BCUT2D eigenvalue weighted by Crippen LogP contribution is 2.25.